The Bertz CT molecular complexity index is 968. The van der Waals surface area contributed by atoms with Crippen molar-refractivity contribution in [3.05, 3.63) is 70.9 Å². The molecule has 2 aromatic carbocycles. The minimum Gasteiger partial charge on any atom is -0.397 e. The molecule has 0 saturated carbocycles. The lowest BCUT2D eigenvalue weighted by atomic mass is 9.73. The minimum atomic E-state index is -0.225. The van der Waals surface area contributed by atoms with Crippen molar-refractivity contribution < 1.29 is 9.90 Å². The van der Waals surface area contributed by atoms with Gasteiger partial charge in [-0.2, -0.15) is 5.26 Å². The molecule has 0 amide bonds. The van der Waals surface area contributed by atoms with Gasteiger partial charge in [0.25, 0.3) is 0 Å². The number of rotatable bonds is 1. The molecule has 3 N–H and O–H groups in total. The number of carbonyl (C=O) groups is 1. The molecule has 4 rings (SSSR count). The number of aliphatic hydroxyl groups is 1. The number of para-hydroxylation sites is 2. The molecule has 0 radical (unpaired) electrons. The van der Waals surface area contributed by atoms with Gasteiger partial charge >= 0.3 is 0 Å². The van der Waals surface area contributed by atoms with E-state index in [2.05, 4.69) is 30.6 Å². The molecule has 5 nitrogen and oxygen atoms in total. The van der Waals surface area contributed by atoms with Crippen LogP contribution in [0, 0.1) is 16.7 Å². The van der Waals surface area contributed by atoms with Crippen molar-refractivity contribution in [1.82, 2.24) is 0 Å². The summed E-state index contributed by atoms with van der Waals surface area (Å²) in [6.07, 6.45) is 1.37. The summed E-state index contributed by atoms with van der Waals surface area (Å²) < 4.78 is 0. The van der Waals surface area contributed by atoms with Crippen LogP contribution in [0.15, 0.2) is 59.8 Å². The topological polar surface area (TPSA) is 85.2 Å². The van der Waals surface area contributed by atoms with Crippen molar-refractivity contribution in [2.75, 3.05) is 17.2 Å². The summed E-state index contributed by atoms with van der Waals surface area (Å²) in [6.45, 7) is 6.20. The molecular formula is C24H27N3O2. The Morgan fingerprint density at radius 1 is 1.10 bits per heavy atom. The number of fused-ring (bicyclic) bond motifs is 1. The molecule has 0 bridgehead atoms. The number of nitriles is 1. The van der Waals surface area contributed by atoms with Crippen molar-refractivity contribution in [2.24, 2.45) is 5.41 Å². The quantitative estimate of drug-likeness (QED) is 0.654. The zero-order valence-corrected chi connectivity index (χ0v) is 17.1. The Kier molecular flexibility index (Phi) is 6.05. The SMILES string of the molecule is CC1(C)CC(=O)C2=C(C1)Nc1ccccc1NC2c1ccc(C#N)cc1.CCO. The number of anilines is 2. The summed E-state index contributed by atoms with van der Waals surface area (Å²) in [6, 6.07) is 17.4. The van der Waals surface area contributed by atoms with Gasteiger partial charge in [0, 0.05) is 24.3 Å². The number of nitrogens with zero attached hydrogens (tertiary/aromatic N) is 1. The fraction of sp³-hybridized carbons (Fsp3) is 0.333. The highest BCUT2D eigenvalue weighted by molar-refractivity contribution is 6.01. The third kappa shape index (κ3) is 4.49. The van der Waals surface area contributed by atoms with Crippen LogP contribution in [0.3, 0.4) is 0 Å². The number of allylic oxidation sites excluding steroid dienone is 1. The molecular weight excluding hydrogens is 362 g/mol. The Morgan fingerprint density at radius 2 is 1.72 bits per heavy atom. The molecule has 0 fully saturated rings. The number of ketones is 1. The van der Waals surface area contributed by atoms with Crippen molar-refractivity contribution in [3.8, 4) is 6.07 Å². The maximum Gasteiger partial charge on any atom is 0.163 e. The van der Waals surface area contributed by atoms with Gasteiger partial charge in [0.1, 0.15) is 0 Å². The highest BCUT2D eigenvalue weighted by Gasteiger charge is 2.38. The first-order valence-corrected chi connectivity index (χ1v) is 9.88. The Hall–Kier alpha value is -3.10. The summed E-state index contributed by atoms with van der Waals surface area (Å²) in [7, 11) is 0. The largest absolute Gasteiger partial charge is 0.397 e. The number of carbonyl (C=O) groups excluding carboxylic acids is 1. The minimum absolute atomic E-state index is 0.0581. The lowest BCUT2D eigenvalue weighted by Gasteiger charge is -2.34. The first-order valence-electron chi connectivity index (χ1n) is 9.88. The fourth-order valence-corrected chi connectivity index (χ4v) is 3.89. The maximum atomic E-state index is 13.1. The lowest BCUT2D eigenvalue weighted by molar-refractivity contribution is -0.118. The maximum absolute atomic E-state index is 13.1. The van der Waals surface area contributed by atoms with E-state index in [1.165, 1.54) is 0 Å². The molecule has 1 heterocycles. The molecule has 1 atom stereocenters. The van der Waals surface area contributed by atoms with Gasteiger partial charge in [0.05, 0.1) is 29.0 Å². The molecule has 29 heavy (non-hydrogen) atoms. The summed E-state index contributed by atoms with van der Waals surface area (Å²) in [5.41, 5.74) is 5.32. The summed E-state index contributed by atoms with van der Waals surface area (Å²) in [4.78, 5) is 13.1. The Labute approximate surface area is 172 Å². The van der Waals surface area contributed by atoms with Gasteiger partial charge in [-0.1, -0.05) is 38.1 Å². The number of hydrogen-bond donors (Lipinski definition) is 3. The monoisotopic (exact) mass is 389 g/mol. The predicted octanol–water partition coefficient (Wildman–Crippen LogP) is 4.78. The van der Waals surface area contributed by atoms with E-state index >= 15 is 0 Å². The molecule has 0 aromatic heterocycles. The highest BCUT2D eigenvalue weighted by atomic mass is 16.2. The van der Waals surface area contributed by atoms with Gasteiger partial charge < -0.3 is 15.7 Å². The zero-order chi connectivity index (χ0) is 21.0. The van der Waals surface area contributed by atoms with Crippen molar-refractivity contribution in [1.29, 1.82) is 5.26 Å². The molecule has 2 aliphatic rings. The van der Waals surface area contributed by atoms with E-state index in [4.69, 9.17) is 10.4 Å². The van der Waals surface area contributed by atoms with Gasteiger partial charge in [0.2, 0.25) is 0 Å². The Morgan fingerprint density at radius 3 is 2.34 bits per heavy atom. The zero-order valence-electron chi connectivity index (χ0n) is 17.1. The van der Waals surface area contributed by atoms with Crippen LogP contribution in [0.1, 0.15) is 50.8 Å². The molecule has 1 unspecified atom stereocenters. The third-order valence-corrected chi connectivity index (χ3v) is 5.09. The number of nitrogens with one attached hydrogen (secondary N) is 2. The van der Waals surface area contributed by atoms with Crippen molar-refractivity contribution in [3.63, 3.8) is 0 Å². The van der Waals surface area contributed by atoms with Gasteiger partial charge in [0.15, 0.2) is 5.78 Å². The van der Waals surface area contributed by atoms with Crippen LogP contribution >= 0.6 is 0 Å². The average Bonchev–Trinajstić information content (AvgIpc) is 2.84. The van der Waals surface area contributed by atoms with Crippen LogP contribution in [0.4, 0.5) is 11.4 Å². The third-order valence-electron chi connectivity index (χ3n) is 5.09. The molecule has 5 heteroatoms. The molecule has 150 valence electrons. The molecule has 0 spiro atoms. The van der Waals surface area contributed by atoms with Gasteiger partial charge in [-0.3, -0.25) is 4.79 Å². The van der Waals surface area contributed by atoms with E-state index < -0.39 is 0 Å². The molecule has 1 aliphatic carbocycles. The second-order valence-corrected chi connectivity index (χ2v) is 8.13. The van der Waals surface area contributed by atoms with Crippen LogP contribution in [-0.2, 0) is 4.79 Å². The molecule has 0 saturated heterocycles. The molecule has 1 aliphatic heterocycles. The first-order chi connectivity index (χ1) is 13.9. The standard InChI is InChI=1S/C22H21N3O.C2H6O/c1-22(2)11-18-20(19(26)12-22)21(15-9-7-14(13-23)8-10-15)25-17-6-4-3-5-16(17)24-18;1-2-3/h3-10,21,24-25H,11-12H2,1-2H3;3H,2H2,1H3. The van der Waals surface area contributed by atoms with Crippen LogP contribution in [0.5, 0.6) is 0 Å². The Balaban J connectivity index is 0.000000755. The van der Waals surface area contributed by atoms with Crippen LogP contribution in [0.25, 0.3) is 0 Å². The van der Waals surface area contributed by atoms with Crippen LogP contribution in [0.2, 0.25) is 0 Å². The average molecular weight is 389 g/mol. The normalized spacial score (nSPS) is 19.3. The van der Waals surface area contributed by atoms with E-state index in [-0.39, 0.29) is 23.8 Å². The van der Waals surface area contributed by atoms with E-state index in [9.17, 15) is 4.79 Å². The predicted molar refractivity (Wildman–Crippen MR) is 115 cm³/mol. The highest BCUT2D eigenvalue weighted by Crippen LogP contribution is 2.45. The lowest BCUT2D eigenvalue weighted by Crippen LogP contribution is -2.31. The van der Waals surface area contributed by atoms with E-state index in [1.807, 2.05) is 36.4 Å². The number of benzene rings is 2. The van der Waals surface area contributed by atoms with Gasteiger partial charge in [-0.25, -0.2) is 0 Å². The van der Waals surface area contributed by atoms with Crippen molar-refractivity contribution >= 4 is 17.2 Å². The first kappa shape index (κ1) is 20.6. The summed E-state index contributed by atoms with van der Waals surface area (Å²) in [5.74, 6) is 0.179. The summed E-state index contributed by atoms with van der Waals surface area (Å²) in [5, 5.41) is 23.7. The van der Waals surface area contributed by atoms with E-state index in [0.717, 1.165) is 34.6 Å². The second kappa shape index (κ2) is 8.50. The van der Waals surface area contributed by atoms with Crippen molar-refractivity contribution in [2.45, 2.75) is 39.7 Å². The van der Waals surface area contributed by atoms with E-state index in [0.29, 0.717) is 12.0 Å². The smallest absolute Gasteiger partial charge is 0.163 e. The number of Topliss-reactive ketones (excluding diaryl/α,β-unsaturated/α-hetero) is 1. The summed E-state index contributed by atoms with van der Waals surface area (Å²) >= 11 is 0. The fourth-order valence-electron chi connectivity index (χ4n) is 3.89. The second-order valence-electron chi connectivity index (χ2n) is 8.13. The number of hydrogen-bond acceptors (Lipinski definition) is 5. The van der Waals surface area contributed by atoms with E-state index in [1.54, 1.807) is 19.1 Å². The van der Waals surface area contributed by atoms with Crippen LogP contribution in [-0.4, -0.2) is 17.5 Å². The molecule has 2 aromatic rings. The van der Waals surface area contributed by atoms with Gasteiger partial charge in [-0.05, 0) is 48.6 Å². The van der Waals surface area contributed by atoms with Gasteiger partial charge in [-0.15, -0.1) is 0 Å². The number of aliphatic hydroxyl groups excluding tert-OH is 1. The van der Waals surface area contributed by atoms with Crippen LogP contribution < -0.4 is 10.6 Å².